The highest BCUT2D eigenvalue weighted by Gasteiger charge is 2.05. The second-order valence-corrected chi connectivity index (χ2v) is 3.44. The fourth-order valence-corrected chi connectivity index (χ4v) is 1.24. The maximum absolute atomic E-state index is 12.6. The maximum atomic E-state index is 12.6. The van der Waals surface area contributed by atoms with Crippen LogP contribution in [0.2, 0.25) is 0 Å². The van der Waals surface area contributed by atoms with Gasteiger partial charge in [0.1, 0.15) is 5.82 Å². The van der Waals surface area contributed by atoms with E-state index in [2.05, 4.69) is 5.43 Å². The molecule has 14 heavy (non-hydrogen) atoms. The average molecular weight is 194 g/mol. The predicted octanol–water partition coefficient (Wildman–Crippen LogP) is 2.30. The molecule has 0 aliphatic carbocycles. The Hall–Kier alpha value is -1.19. The first kappa shape index (κ1) is 10.9. The Bertz CT molecular complexity index is 313. The molecule has 0 fully saturated rings. The van der Waals surface area contributed by atoms with Crippen molar-refractivity contribution in [3.63, 3.8) is 0 Å². The smallest absolute Gasteiger partial charge is 0.123 e. The second kappa shape index (κ2) is 4.88. The van der Waals surface area contributed by atoms with Crippen molar-refractivity contribution < 1.29 is 4.39 Å². The third-order valence-electron chi connectivity index (χ3n) is 1.91. The summed E-state index contributed by atoms with van der Waals surface area (Å²) in [5.74, 6) is 5.17. The molecule has 1 atom stereocenters. The van der Waals surface area contributed by atoms with Gasteiger partial charge in [-0.1, -0.05) is 23.8 Å². The predicted molar refractivity (Wildman–Crippen MR) is 55.9 cm³/mol. The molecule has 3 heteroatoms. The monoisotopic (exact) mass is 194 g/mol. The number of nitrogens with two attached hydrogens (primary N) is 1. The first-order valence-electron chi connectivity index (χ1n) is 4.50. The minimum Gasteiger partial charge on any atom is -0.271 e. The molecule has 0 heterocycles. The van der Waals surface area contributed by atoms with Crippen molar-refractivity contribution in [2.24, 2.45) is 5.84 Å². The minimum absolute atomic E-state index is 0.0550. The van der Waals surface area contributed by atoms with E-state index >= 15 is 0 Å². The number of hydrazine groups is 1. The minimum atomic E-state index is -0.235. The van der Waals surface area contributed by atoms with E-state index in [0.717, 1.165) is 11.1 Å². The lowest BCUT2D eigenvalue weighted by Gasteiger charge is -2.12. The van der Waals surface area contributed by atoms with E-state index in [1.54, 1.807) is 12.1 Å². The third-order valence-corrected chi connectivity index (χ3v) is 1.91. The lowest BCUT2D eigenvalue weighted by Crippen LogP contribution is -2.26. The Morgan fingerprint density at radius 2 is 1.93 bits per heavy atom. The highest BCUT2D eigenvalue weighted by molar-refractivity contribution is 5.24. The third kappa shape index (κ3) is 2.94. The Morgan fingerprint density at radius 1 is 1.36 bits per heavy atom. The van der Waals surface area contributed by atoms with Crippen molar-refractivity contribution in [3.05, 3.63) is 47.3 Å². The van der Waals surface area contributed by atoms with E-state index in [4.69, 9.17) is 5.84 Å². The molecule has 0 aliphatic heterocycles. The molecule has 0 amide bonds. The van der Waals surface area contributed by atoms with Gasteiger partial charge in [-0.15, -0.1) is 0 Å². The van der Waals surface area contributed by atoms with Crippen molar-refractivity contribution in [3.8, 4) is 0 Å². The van der Waals surface area contributed by atoms with Crippen molar-refractivity contribution in [1.29, 1.82) is 0 Å². The summed E-state index contributed by atoms with van der Waals surface area (Å²) in [4.78, 5) is 0. The fraction of sp³-hybridized carbons (Fsp3) is 0.273. The number of allylic oxidation sites excluding steroid dienone is 1. The van der Waals surface area contributed by atoms with E-state index < -0.39 is 0 Å². The van der Waals surface area contributed by atoms with Crippen molar-refractivity contribution in [2.75, 3.05) is 0 Å². The summed E-state index contributed by atoms with van der Waals surface area (Å²) in [5.41, 5.74) is 4.79. The standard InChI is InChI=1S/C11H15FN2/c1-8(2)7-11(14-13)9-3-5-10(12)6-4-9/h3-7,11,14H,13H2,1-2H3. The Morgan fingerprint density at radius 3 is 2.36 bits per heavy atom. The van der Waals surface area contributed by atoms with Crippen LogP contribution in [0.5, 0.6) is 0 Å². The molecule has 76 valence electrons. The zero-order valence-electron chi connectivity index (χ0n) is 8.42. The molecule has 0 bridgehead atoms. The number of halogens is 1. The summed E-state index contributed by atoms with van der Waals surface area (Å²) in [7, 11) is 0. The lowest BCUT2D eigenvalue weighted by molar-refractivity contribution is 0.619. The number of nitrogens with one attached hydrogen (secondary N) is 1. The van der Waals surface area contributed by atoms with E-state index in [9.17, 15) is 4.39 Å². The molecule has 0 spiro atoms. The zero-order valence-corrected chi connectivity index (χ0v) is 8.42. The maximum Gasteiger partial charge on any atom is 0.123 e. The van der Waals surface area contributed by atoms with Gasteiger partial charge in [0, 0.05) is 0 Å². The van der Waals surface area contributed by atoms with Crippen LogP contribution in [0.4, 0.5) is 4.39 Å². The van der Waals surface area contributed by atoms with Gasteiger partial charge in [-0.05, 0) is 31.5 Å². The number of hydrogen-bond donors (Lipinski definition) is 2. The zero-order chi connectivity index (χ0) is 10.6. The van der Waals surface area contributed by atoms with Crippen molar-refractivity contribution in [1.82, 2.24) is 5.43 Å². The quantitative estimate of drug-likeness (QED) is 0.440. The fourth-order valence-electron chi connectivity index (χ4n) is 1.24. The average Bonchev–Trinajstić information content (AvgIpc) is 2.15. The molecule has 1 unspecified atom stereocenters. The Labute approximate surface area is 83.6 Å². The van der Waals surface area contributed by atoms with Gasteiger partial charge in [-0.2, -0.15) is 0 Å². The normalized spacial score (nSPS) is 12.3. The Kier molecular flexibility index (Phi) is 3.80. The molecule has 0 aliphatic rings. The molecule has 0 aromatic heterocycles. The van der Waals surface area contributed by atoms with Crippen LogP contribution in [0.1, 0.15) is 25.5 Å². The van der Waals surface area contributed by atoms with Crippen LogP contribution >= 0.6 is 0 Å². The first-order chi connectivity index (χ1) is 6.63. The molecule has 0 saturated carbocycles. The summed E-state index contributed by atoms with van der Waals surface area (Å²) in [6.07, 6.45) is 1.99. The van der Waals surface area contributed by atoms with Gasteiger partial charge in [-0.3, -0.25) is 5.84 Å². The summed E-state index contributed by atoms with van der Waals surface area (Å²) in [6.45, 7) is 3.99. The van der Waals surface area contributed by atoms with Gasteiger partial charge in [0.25, 0.3) is 0 Å². The van der Waals surface area contributed by atoms with Gasteiger partial charge in [0.15, 0.2) is 0 Å². The molecular weight excluding hydrogens is 179 g/mol. The summed E-state index contributed by atoms with van der Waals surface area (Å²) >= 11 is 0. The van der Waals surface area contributed by atoms with Gasteiger partial charge >= 0.3 is 0 Å². The SMILES string of the molecule is CC(C)=CC(NN)c1ccc(F)cc1. The second-order valence-electron chi connectivity index (χ2n) is 3.44. The highest BCUT2D eigenvalue weighted by Crippen LogP contribution is 2.15. The van der Waals surface area contributed by atoms with Gasteiger partial charge in [0.2, 0.25) is 0 Å². The number of hydrogen-bond acceptors (Lipinski definition) is 2. The number of benzene rings is 1. The molecule has 2 nitrogen and oxygen atoms in total. The highest BCUT2D eigenvalue weighted by atomic mass is 19.1. The first-order valence-corrected chi connectivity index (χ1v) is 4.50. The number of rotatable bonds is 3. The summed E-state index contributed by atoms with van der Waals surface area (Å²) < 4.78 is 12.6. The largest absolute Gasteiger partial charge is 0.271 e. The molecule has 3 N–H and O–H groups in total. The van der Waals surface area contributed by atoms with Crippen LogP contribution in [0.3, 0.4) is 0 Å². The van der Waals surface area contributed by atoms with Crippen LogP contribution in [-0.4, -0.2) is 0 Å². The molecule has 1 aromatic rings. The van der Waals surface area contributed by atoms with E-state index in [-0.39, 0.29) is 11.9 Å². The molecule has 0 radical (unpaired) electrons. The summed E-state index contributed by atoms with van der Waals surface area (Å²) in [6, 6.07) is 6.25. The summed E-state index contributed by atoms with van der Waals surface area (Å²) in [5, 5.41) is 0. The Balaban J connectivity index is 2.90. The molecule has 1 rings (SSSR count). The van der Waals surface area contributed by atoms with Gasteiger partial charge in [0.05, 0.1) is 6.04 Å². The topological polar surface area (TPSA) is 38.0 Å². The van der Waals surface area contributed by atoms with Crippen LogP contribution < -0.4 is 11.3 Å². The molecular formula is C11H15FN2. The van der Waals surface area contributed by atoms with Gasteiger partial charge < -0.3 is 0 Å². The van der Waals surface area contributed by atoms with Crippen LogP contribution in [0.25, 0.3) is 0 Å². The molecule has 0 saturated heterocycles. The van der Waals surface area contributed by atoms with Crippen molar-refractivity contribution >= 4 is 0 Å². The van der Waals surface area contributed by atoms with Crippen molar-refractivity contribution in [2.45, 2.75) is 19.9 Å². The van der Waals surface area contributed by atoms with E-state index in [1.165, 1.54) is 12.1 Å². The van der Waals surface area contributed by atoms with E-state index in [0.29, 0.717) is 0 Å². The van der Waals surface area contributed by atoms with Gasteiger partial charge in [-0.25, -0.2) is 9.82 Å². The molecule has 1 aromatic carbocycles. The van der Waals surface area contributed by atoms with E-state index in [1.807, 2.05) is 19.9 Å². The van der Waals surface area contributed by atoms with Crippen LogP contribution in [0.15, 0.2) is 35.9 Å². The lowest BCUT2D eigenvalue weighted by atomic mass is 10.1. The van der Waals surface area contributed by atoms with Crippen LogP contribution in [-0.2, 0) is 0 Å². The van der Waals surface area contributed by atoms with Crippen LogP contribution in [0, 0.1) is 5.82 Å².